The molecule has 7 nitrogen and oxygen atoms in total. The molecule has 2 amide bonds. The summed E-state index contributed by atoms with van der Waals surface area (Å²) >= 11 is 0. The Balaban J connectivity index is 1.95. The van der Waals surface area contributed by atoms with Crippen molar-refractivity contribution >= 4 is 33.2 Å². The number of carbonyl (C=O) groups excluding carboxylic acids is 2. The fraction of sp³-hybridized carbons (Fsp3) is 0.600. The molecule has 0 saturated carbocycles. The van der Waals surface area contributed by atoms with Crippen LogP contribution in [0, 0.1) is 5.92 Å². The molecular weight excluding hydrogens is 378 g/mol. The van der Waals surface area contributed by atoms with Crippen molar-refractivity contribution in [2.24, 2.45) is 5.92 Å². The fourth-order valence-corrected chi connectivity index (χ4v) is 5.28. The van der Waals surface area contributed by atoms with Crippen LogP contribution in [0.4, 0.5) is 11.4 Å². The fourth-order valence-electron chi connectivity index (χ4n) is 3.74. The minimum absolute atomic E-state index is 0.00834. The maximum Gasteiger partial charge on any atom is 0.243 e. The van der Waals surface area contributed by atoms with Gasteiger partial charge in [0.05, 0.1) is 16.3 Å². The zero-order chi connectivity index (χ0) is 20.3. The van der Waals surface area contributed by atoms with Gasteiger partial charge in [0, 0.05) is 32.5 Å². The number of anilines is 2. The SMILES string of the molecule is CC(C)CC(=O)Nc1cc(S(=O)(=O)N2CCCCC2)ccc1N1CCCC1=O. The molecule has 2 saturated heterocycles. The molecule has 0 radical (unpaired) electrons. The summed E-state index contributed by atoms with van der Waals surface area (Å²) in [6.45, 7) is 5.50. The van der Waals surface area contributed by atoms with Crippen LogP contribution >= 0.6 is 0 Å². The third-order valence-corrected chi connectivity index (χ3v) is 7.05. The molecule has 0 spiro atoms. The molecule has 2 aliphatic rings. The van der Waals surface area contributed by atoms with E-state index in [1.165, 1.54) is 10.4 Å². The highest BCUT2D eigenvalue weighted by molar-refractivity contribution is 7.89. The van der Waals surface area contributed by atoms with Crippen LogP contribution in [0.5, 0.6) is 0 Å². The molecule has 154 valence electrons. The van der Waals surface area contributed by atoms with E-state index in [1.54, 1.807) is 17.0 Å². The van der Waals surface area contributed by atoms with Crippen molar-refractivity contribution in [1.29, 1.82) is 0 Å². The largest absolute Gasteiger partial charge is 0.324 e. The van der Waals surface area contributed by atoms with Gasteiger partial charge < -0.3 is 10.2 Å². The summed E-state index contributed by atoms with van der Waals surface area (Å²) in [5.74, 6) is -0.0152. The predicted octanol–water partition coefficient (Wildman–Crippen LogP) is 2.97. The van der Waals surface area contributed by atoms with Gasteiger partial charge in [-0.15, -0.1) is 0 Å². The Morgan fingerprint density at radius 1 is 1.11 bits per heavy atom. The van der Waals surface area contributed by atoms with Crippen LogP contribution in [-0.4, -0.2) is 44.2 Å². The number of carbonyl (C=O) groups is 2. The Hall–Kier alpha value is -1.93. The van der Waals surface area contributed by atoms with Crippen molar-refractivity contribution in [2.75, 3.05) is 29.9 Å². The third kappa shape index (κ3) is 4.55. The van der Waals surface area contributed by atoms with E-state index in [1.807, 2.05) is 13.8 Å². The summed E-state index contributed by atoms with van der Waals surface area (Å²) in [6.07, 6.45) is 4.31. The number of nitrogens with zero attached hydrogens (tertiary/aromatic N) is 2. The first-order chi connectivity index (χ1) is 13.3. The van der Waals surface area contributed by atoms with E-state index in [4.69, 9.17) is 0 Å². The maximum atomic E-state index is 13.0. The number of piperidine rings is 1. The summed E-state index contributed by atoms with van der Waals surface area (Å²) in [5, 5.41) is 2.84. The average molecular weight is 408 g/mol. The van der Waals surface area contributed by atoms with Gasteiger partial charge in [0.15, 0.2) is 0 Å². The molecular formula is C20H29N3O4S. The predicted molar refractivity (Wildman–Crippen MR) is 109 cm³/mol. The van der Waals surface area contributed by atoms with Crippen LogP contribution < -0.4 is 10.2 Å². The van der Waals surface area contributed by atoms with Gasteiger partial charge in [-0.05, 0) is 43.4 Å². The van der Waals surface area contributed by atoms with Crippen molar-refractivity contribution in [1.82, 2.24) is 4.31 Å². The van der Waals surface area contributed by atoms with Gasteiger partial charge in [0.2, 0.25) is 21.8 Å². The molecule has 8 heteroatoms. The second kappa shape index (κ2) is 8.61. The van der Waals surface area contributed by atoms with Crippen molar-refractivity contribution in [3.05, 3.63) is 18.2 Å². The van der Waals surface area contributed by atoms with E-state index in [9.17, 15) is 18.0 Å². The van der Waals surface area contributed by atoms with E-state index in [0.717, 1.165) is 25.7 Å². The Labute approximate surface area is 167 Å². The zero-order valence-electron chi connectivity index (χ0n) is 16.6. The molecule has 3 rings (SSSR count). The molecule has 1 aromatic carbocycles. The summed E-state index contributed by atoms with van der Waals surface area (Å²) in [5.41, 5.74) is 0.955. The average Bonchev–Trinajstić information content (AvgIpc) is 3.07. The summed E-state index contributed by atoms with van der Waals surface area (Å²) in [7, 11) is -3.62. The van der Waals surface area contributed by atoms with E-state index >= 15 is 0 Å². The second-order valence-electron chi connectivity index (χ2n) is 7.94. The number of sulfonamides is 1. The maximum absolute atomic E-state index is 13.0. The molecule has 1 aromatic rings. The summed E-state index contributed by atoms with van der Waals surface area (Å²) in [6, 6.07) is 4.69. The Bertz CT molecular complexity index is 845. The van der Waals surface area contributed by atoms with Gasteiger partial charge in [-0.2, -0.15) is 4.31 Å². The first-order valence-corrected chi connectivity index (χ1v) is 11.5. The normalized spacial score (nSPS) is 18.7. The smallest absolute Gasteiger partial charge is 0.243 e. The minimum Gasteiger partial charge on any atom is -0.324 e. The lowest BCUT2D eigenvalue weighted by Gasteiger charge is -2.27. The highest BCUT2D eigenvalue weighted by Gasteiger charge is 2.29. The van der Waals surface area contributed by atoms with Gasteiger partial charge >= 0.3 is 0 Å². The molecule has 0 aromatic heterocycles. The number of amides is 2. The number of hydrogen-bond donors (Lipinski definition) is 1. The number of benzene rings is 1. The van der Waals surface area contributed by atoms with Crippen molar-refractivity contribution < 1.29 is 18.0 Å². The van der Waals surface area contributed by atoms with Crippen molar-refractivity contribution in [2.45, 2.75) is 57.3 Å². The molecule has 2 aliphatic heterocycles. The van der Waals surface area contributed by atoms with E-state index in [-0.39, 0.29) is 22.6 Å². The molecule has 2 heterocycles. The highest BCUT2D eigenvalue weighted by atomic mass is 32.2. The molecule has 0 atom stereocenters. The molecule has 1 N–H and O–H groups in total. The van der Waals surface area contributed by atoms with Crippen LogP contribution in [0.1, 0.15) is 52.4 Å². The Morgan fingerprint density at radius 2 is 1.82 bits per heavy atom. The lowest BCUT2D eigenvalue weighted by molar-refractivity contribution is -0.118. The number of rotatable bonds is 6. The zero-order valence-corrected chi connectivity index (χ0v) is 17.4. The van der Waals surface area contributed by atoms with E-state index in [2.05, 4.69) is 5.32 Å². The van der Waals surface area contributed by atoms with Gasteiger partial charge in [0.25, 0.3) is 0 Å². The van der Waals surface area contributed by atoms with E-state index < -0.39 is 10.0 Å². The van der Waals surface area contributed by atoms with Crippen molar-refractivity contribution in [3.63, 3.8) is 0 Å². The Morgan fingerprint density at radius 3 is 2.43 bits per heavy atom. The monoisotopic (exact) mass is 407 g/mol. The third-order valence-electron chi connectivity index (χ3n) is 5.15. The lowest BCUT2D eigenvalue weighted by Crippen LogP contribution is -2.35. The van der Waals surface area contributed by atoms with Gasteiger partial charge in [-0.1, -0.05) is 20.3 Å². The van der Waals surface area contributed by atoms with Crippen LogP contribution in [0.25, 0.3) is 0 Å². The van der Waals surface area contributed by atoms with E-state index in [0.29, 0.717) is 43.9 Å². The number of nitrogens with one attached hydrogen (secondary N) is 1. The Kier molecular flexibility index (Phi) is 6.40. The highest BCUT2D eigenvalue weighted by Crippen LogP contribution is 2.33. The topological polar surface area (TPSA) is 86.8 Å². The van der Waals surface area contributed by atoms with Crippen LogP contribution in [0.15, 0.2) is 23.1 Å². The van der Waals surface area contributed by atoms with Crippen LogP contribution in [0.2, 0.25) is 0 Å². The summed E-state index contributed by atoms with van der Waals surface area (Å²) < 4.78 is 27.6. The van der Waals surface area contributed by atoms with Gasteiger partial charge in [-0.3, -0.25) is 9.59 Å². The first-order valence-electron chi connectivity index (χ1n) is 10.0. The van der Waals surface area contributed by atoms with Crippen LogP contribution in [-0.2, 0) is 19.6 Å². The quantitative estimate of drug-likeness (QED) is 0.785. The molecule has 0 unspecified atom stereocenters. The number of hydrogen-bond acceptors (Lipinski definition) is 4. The second-order valence-corrected chi connectivity index (χ2v) is 9.88. The molecule has 0 bridgehead atoms. The standard InChI is InChI=1S/C20H29N3O4S/c1-15(2)13-19(24)21-17-14-16(28(26,27)22-10-4-3-5-11-22)8-9-18(17)23-12-6-7-20(23)25/h8-9,14-15H,3-7,10-13H2,1-2H3,(H,21,24). The van der Waals surface area contributed by atoms with Crippen molar-refractivity contribution in [3.8, 4) is 0 Å². The van der Waals surface area contributed by atoms with Gasteiger partial charge in [0.1, 0.15) is 0 Å². The van der Waals surface area contributed by atoms with Gasteiger partial charge in [-0.25, -0.2) is 8.42 Å². The lowest BCUT2D eigenvalue weighted by atomic mass is 10.1. The first kappa shape index (κ1) is 20.8. The molecule has 2 fully saturated rings. The minimum atomic E-state index is -3.62. The summed E-state index contributed by atoms with van der Waals surface area (Å²) in [4.78, 5) is 26.4. The molecule has 28 heavy (non-hydrogen) atoms. The van der Waals surface area contributed by atoms with Crippen LogP contribution in [0.3, 0.4) is 0 Å². The molecule has 0 aliphatic carbocycles.